The fourth-order valence-electron chi connectivity index (χ4n) is 3.09. The highest BCUT2D eigenvalue weighted by Gasteiger charge is 2.15. The lowest BCUT2D eigenvalue weighted by Gasteiger charge is -2.22. The van der Waals surface area contributed by atoms with Gasteiger partial charge < -0.3 is 4.74 Å². The van der Waals surface area contributed by atoms with Crippen molar-refractivity contribution in [1.29, 1.82) is 0 Å². The monoisotopic (exact) mass is 298 g/mol. The van der Waals surface area contributed by atoms with Crippen molar-refractivity contribution in [2.75, 3.05) is 6.61 Å². The van der Waals surface area contributed by atoms with Crippen LogP contribution in [0.4, 0.5) is 0 Å². The minimum absolute atomic E-state index is 0.553. The van der Waals surface area contributed by atoms with Gasteiger partial charge in [0.05, 0.1) is 6.61 Å². The van der Waals surface area contributed by atoms with Gasteiger partial charge in [-0.05, 0) is 18.3 Å². The van der Waals surface area contributed by atoms with Crippen molar-refractivity contribution in [3.05, 3.63) is 0 Å². The molecule has 0 amide bonds. The first kappa shape index (κ1) is 20.5. The summed E-state index contributed by atoms with van der Waals surface area (Å²) in [6.45, 7) is 7.96. The van der Waals surface area contributed by atoms with E-state index >= 15 is 0 Å². The molecule has 0 bridgehead atoms. The maximum Gasteiger partial charge on any atom is 0.293 e. The van der Waals surface area contributed by atoms with Crippen molar-refractivity contribution in [2.24, 2.45) is 11.8 Å². The first-order valence-electron chi connectivity index (χ1n) is 9.33. The first-order valence-corrected chi connectivity index (χ1v) is 9.33. The van der Waals surface area contributed by atoms with E-state index in [0.29, 0.717) is 19.0 Å². The highest BCUT2D eigenvalue weighted by Crippen LogP contribution is 2.26. The topological polar surface area (TPSA) is 26.3 Å². The van der Waals surface area contributed by atoms with Crippen LogP contribution in [0.1, 0.15) is 97.8 Å². The van der Waals surface area contributed by atoms with E-state index in [1.54, 1.807) is 0 Å². The van der Waals surface area contributed by atoms with Gasteiger partial charge in [0, 0.05) is 0 Å². The van der Waals surface area contributed by atoms with Crippen molar-refractivity contribution >= 4 is 6.47 Å². The first-order chi connectivity index (χ1) is 10.3. The van der Waals surface area contributed by atoms with E-state index in [1.807, 2.05) is 0 Å². The molecule has 2 nitrogen and oxygen atoms in total. The summed E-state index contributed by atoms with van der Waals surface area (Å²) in [6.07, 6.45) is 16.0. The van der Waals surface area contributed by atoms with E-state index in [4.69, 9.17) is 4.74 Å². The zero-order valence-corrected chi connectivity index (χ0v) is 14.7. The molecule has 0 spiro atoms. The molecule has 21 heavy (non-hydrogen) atoms. The van der Waals surface area contributed by atoms with Crippen LogP contribution in [0.25, 0.3) is 0 Å². The van der Waals surface area contributed by atoms with E-state index in [-0.39, 0.29) is 0 Å². The average Bonchev–Trinajstić information content (AvgIpc) is 2.51. The summed E-state index contributed by atoms with van der Waals surface area (Å²) in [5.74, 6) is 1.38. The predicted octanol–water partition coefficient (Wildman–Crippen LogP) is 6.13. The quantitative estimate of drug-likeness (QED) is 0.253. The molecular weight excluding hydrogens is 260 g/mol. The van der Waals surface area contributed by atoms with Crippen LogP contribution >= 0.6 is 0 Å². The Kier molecular flexibility index (Phi) is 15.5. The van der Waals surface area contributed by atoms with Gasteiger partial charge in [0.2, 0.25) is 0 Å². The van der Waals surface area contributed by atoms with Gasteiger partial charge in [-0.25, -0.2) is 0 Å². The normalized spacial score (nSPS) is 13.9. The maximum absolute atomic E-state index is 10.4. The molecule has 0 aromatic carbocycles. The molecule has 0 aliphatic rings. The summed E-state index contributed by atoms with van der Waals surface area (Å²) in [5, 5.41) is 0. The largest absolute Gasteiger partial charge is 0.468 e. The molecule has 2 heteroatoms. The summed E-state index contributed by atoms with van der Waals surface area (Å²) in [4.78, 5) is 10.4. The van der Waals surface area contributed by atoms with Gasteiger partial charge in [-0.1, -0.05) is 91.4 Å². The molecule has 0 radical (unpaired) electrons. The highest BCUT2D eigenvalue weighted by molar-refractivity contribution is 5.36. The van der Waals surface area contributed by atoms with Crippen LogP contribution in [0.2, 0.25) is 0 Å². The van der Waals surface area contributed by atoms with Gasteiger partial charge in [0.25, 0.3) is 6.47 Å². The van der Waals surface area contributed by atoms with Crippen molar-refractivity contribution in [3.8, 4) is 0 Å². The Hall–Kier alpha value is -0.530. The molecule has 0 saturated heterocycles. The Labute approximate surface area is 133 Å². The van der Waals surface area contributed by atoms with Gasteiger partial charge in [-0.2, -0.15) is 0 Å². The smallest absolute Gasteiger partial charge is 0.293 e. The van der Waals surface area contributed by atoms with Crippen molar-refractivity contribution < 1.29 is 9.53 Å². The zero-order valence-electron chi connectivity index (χ0n) is 14.7. The lowest BCUT2D eigenvalue weighted by molar-refractivity contribution is -0.130. The van der Waals surface area contributed by atoms with Crippen LogP contribution in [0.3, 0.4) is 0 Å². The number of ether oxygens (including phenoxy) is 1. The summed E-state index contributed by atoms with van der Waals surface area (Å²) in [5.41, 5.74) is 0. The third kappa shape index (κ3) is 12.9. The maximum atomic E-state index is 10.4. The number of hydrogen-bond acceptors (Lipinski definition) is 2. The molecule has 0 aromatic heterocycles. The SMILES string of the molecule is CCCCCCCCC(CCCC)CC(CC)COC=O. The minimum atomic E-state index is 0.553. The van der Waals surface area contributed by atoms with Crippen molar-refractivity contribution in [2.45, 2.75) is 97.8 Å². The van der Waals surface area contributed by atoms with Gasteiger partial charge >= 0.3 is 0 Å². The van der Waals surface area contributed by atoms with E-state index in [1.165, 1.54) is 70.6 Å². The van der Waals surface area contributed by atoms with Crippen molar-refractivity contribution in [1.82, 2.24) is 0 Å². The Morgan fingerprint density at radius 1 is 0.810 bits per heavy atom. The summed E-state index contributed by atoms with van der Waals surface area (Å²) >= 11 is 0. The van der Waals surface area contributed by atoms with Crippen LogP contribution in [0.5, 0.6) is 0 Å². The zero-order chi connectivity index (χ0) is 15.8. The molecule has 0 rings (SSSR count). The molecule has 0 aromatic rings. The lowest BCUT2D eigenvalue weighted by atomic mass is 9.86. The van der Waals surface area contributed by atoms with Crippen molar-refractivity contribution in [3.63, 3.8) is 0 Å². The molecule has 0 heterocycles. The molecule has 0 saturated carbocycles. The molecule has 2 atom stereocenters. The van der Waals surface area contributed by atoms with E-state index in [2.05, 4.69) is 20.8 Å². The average molecular weight is 299 g/mol. The van der Waals surface area contributed by atoms with Gasteiger partial charge in [-0.15, -0.1) is 0 Å². The molecule has 0 aliphatic carbocycles. The summed E-state index contributed by atoms with van der Waals surface area (Å²) in [6, 6.07) is 0. The second kappa shape index (κ2) is 15.9. The number of carbonyl (C=O) groups is 1. The van der Waals surface area contributed by atoms with Crippen LogP contribution < -0.4 is 0 Å². The van der Waals surface area contributed by atoms with Gasteiger partial charge in [0.15, 0.2) is 0 Å². The molecule has 0 aliphatic heterocycles. The van der Waals surface area contributed by atoms with E-state index in [0.717, 1.165) is 12.3 Å². The standard InChI is InChI=1S/C19H38O2/c1-4-7-9-10-11-12-14-19(13-8-5-2)15-18(6-3)16-21-17-20/h17-19H,4-16H2,1-3H3. The van der Waals surface area contributed by atoms with Crippen LogP contribution in [-0.4, -0.2) is 13.1 Å². The van der Waals surface area contributed by atoms with E-state index < -0.39 is 0 Å². The molecule has 126 valence electrons. The Bertz CT molecular complexity index is 216. The molecular formula is C19H38O2. The second-order valence-electron chi connectivity index (χ2n) is 6.50. The van der Waals surface area contributed by atoms with Gasteiger partial charge in [0.1, 0.15) is 0 Å². The minimum Gasteiger partial charge on any atom is -0.468 e. The number of unbranched alkanes of at least 4 members (excludes halogenated alkanes) is 6. The number of rotatable bonds is 16. The predicted molar refractivity (Wildman–Crippen MR) is 91.4 cm³/mol. The van der Waals surface area contributed by atoms with Crippen LogP contribution in [0.15, 0.2) is 0 Å². The van der Waals surface area contributed by atoms with Gasteiger partial charge in [-0.3, -0.25) is 4.79 Å². The summed E-state index contributed by atoms with van der Waals surface area (Å²) < 4.78 is 4.98. The Balaban J connectivity index is 3.96. The lowest BCUT2D eigenvalue weighted by Crippen LogP contribution is -2.14. The summed E-state index contributed by atoms with van der Waals surface area (Å²) in [7, 11) is 0. The molecule has 2 unspecified atom stereocenters. The second-order valence-corrected chi connectivity index (χ2v) is 6.50. The Morgan fingerprint density at radius 2 is 1.43 bits per heavy atom. The van der Waals surface area contributed by atoms with E-state index in [9.17, 15) is 4.79 Å². The third-order valence-electron chi connectivity index (χ3n) is 4.58. The van der Waals surface area contributed by atoms with Crippen LogP contribution in [-0.2, 0) is 9.53 Å². The molecule has 0 fully saturated rings. The highest BCUT2D eigenvalue weighted by atomic mass is 16.5. The van der Waals surface area contributed by atoms with Crippen LogP contribution in [0, 0.1) is 11.8 Å². The Morgan fingerprint density at radius 3 is 2.05 bits per heavy atom. The number of carbonyl (C=O) groups excluding carboxylic acids is 1. The fraction of sp³-hybridized carbons (Fsp3) is 0.947. The number of hydrogen-bond donors (Lipinski definition) is 0. The third-order valence-corrected chi connectivity index (χ3v) is 4.58. The molecule has 0 N–H and O–H groups in total. The fourth-order valence-corrected chi connectivity index (χ4v) is 3.09.